The van der Waals surface area contributed by atoms with Gasteiger partial charge in [0.05, 0.1) is 4.90 Å². The highest BCUT2D eigenvalue weighted by Gasteiger charge is 2.28. The van der Waals surface area contributed by atoms with E-state index in [4.69, 9.17) is 5.11 Å². The van der Waals surface area contributed by atoms with Crippen molar-refractivity contribution in [3.05, 3.63) is 29.8 Å². The topological polar surface area (TPSA) is 66.4 Å². The molecule has 1 rings (SSSR count). The molecule has 1 aromatic rings. The number of hydrogen-bond donors (Lipinski definition) is 2. The first-order valence-electron chi connectivity index (χ1n) is 7.29. The van der Waals surface area contributed by atoms with Crippen molar-refractivity contribution in [1.82, 2.24) is 4.72 Å². The van der Waals surface area contributed by atoms with Crippen molar-refractivity contribution in [2.24, 2.45) is 0 Å². The molecular formula is C16H27NO3S. The van der Waals surface area contributed by atoms with Gasteiger partial charge < -0.3 is 5.11 Å². The molecule has 0 aliphatic heterocycles. The maximum atomic E-state index is 12.4. The van der Waals surface area contributed by atoms with Gasteiger partial charge in [0.25, 0.3) is 0 Å². The number of sulfonamides is 1. The fraction of sp³-hybridized carbons (Fsp3) is 0.625. The van der Waals surface area contributed by atoms with Crippen LogP contribution in [0.5, 0.6) is 0 Å². The summed E-state index contributed by atoms with van der Waals surface area (Å²) in [6, 6.07) is 6.98. The Hall–Kier alpha value is -0.910. The number of benzene rings is 1. The first kappa shape index (κ1) is 18.1. The molecule has 0 bridgehead atoms. The second-order valence-corrected chi connectivity index (χ2v) is 8.45. The molecule has 120 valence electrons. The minimum absolute atomic E-state index is 0.00938. The van der Waals surface area contributed by atoms with E-state index in [9.17, 15) is 8.42 Å². The number of aliphatic hydroxyl groups excluding tert-OH is 1. The van der Waals surface area contributed by atoms with Gasteiger partial charge in [0.15, 0.2) is 0 Å². The number of nitrogens with one attached hydrogen (secondary N) is 1. The Morgan fingerprint density at radius 2 is 1.62 bits per heavy atom. The predicted octanol–water partition coefficient (Wildman–Crippen LogP) is 2.81. The van der Waals surface area contributed by atoms with Crippen LogP contribution in [0.25, 0.3) is 0 Å². The molecule has 0 fully saturated rings. The molecule has 0 aliphatic carbocycles. The summed E-state index contributed by atoms with van der Waals surface area (Å²) >= 11 is 0. The second-order valence-electron chi connectivity index (χ2n) is 6.77. The Morgan fingerprint density at radius 3 is 2.00 bits per heavy atom. The Balaban J connectivity index is 3.03. The summed E-state index contributed by atoms with van der Waals surface area (Å²) in [7, 11) is -3.58. The molecule has 2 N–H and O–H groups in total. The van der Waals surface area contributed by atoms with Crippen molar-refractivity contribution < 1.29 is 13.5 Å². The first-order valence-corrected chi connectivity index (χ1v) is 8.78. The van der Waals surface area contributed by atoms with E-state index in [0.29, 0.717) is 12.8 Å². The van der Waals surface area contributed by atoms with Crippen LogP contribution in [0.3, 0.4) is 0 Å². The van der Waals surface area contributed by atoms with Gasteiger partial charge in [-0.3, -0.25) is 0 Å². The van der Waals surface area contributed by atoms with Crippen LogP contribution in [-0.4, -0.2) is 25.7 Å². The van der Waals surface area contributed by atoms with Gasteiger partial charge in [-0.25, -0.2) is 13.1 Å². The molecule has 0 spiro atoms. The highest BCUT2D eigenvalue weighted by Crippen LogP contribution is 2.24. The summed E-state index contributed by atoms with van der Waals surface area (Å²) in [4.78, 5) is 0.258. The highest BCUT2D eigenvalue weighted by atomic mass is 32.2. The smallest absolute Gasteiger partial charge is 0.241 e. The lowest BCUT2D eigenvalue weighted by Crippen LogP contribution is -2.46. The standard InChI is InChI=1S/C16H27NO3S/c1-6-16(5,11-12-18)17-21(19,20)14-9-7-13(8-10-14)15(2,3)4/h7-10,17-18H,6,11-12H2,1-5H3. The van der Waals surface area contributed by atoms with Gasteiger partial charge >= 0.3 is 0 Å². The molecular weight excluding hydrogens is 286 g/mol. The van der Waals surface area contributed by atoms with Crippen molar-refractivity contribution in [3.8, 4) is 0 Å². The second kappa shape index (κ2) is 6.46. The molecule has 0 heterocycles. The highest BCUT2D eigenvalue weighted by molar-refractivity contribution is 7.89. The van der Waals surface area contributed by atoms with Crippen LogP contribution in [0.4, 0.5) is 0 Å². The molecule has 5 heteroatoms. The number of rotatable bonds is 6. The summed E-state index contributed by atoms with van der Waals surface area (Å²) in [6.07, 6.45) is 1.01. The van der Waals surface area contributed by atoms with E-state index in [0.717, 1.165) is 5.56 Å². The van der Waals surface area contributed by atoms with Crippen LogP contribution in [0.2, 0.25) is 0 Å². The minimum atomic E-state index is -3.58. The van der Waals surface area contributed by atoms with Crippen molar-refractivity contribution in [2.45, 2.75) is 63.3 Å². The van der Waals surface area contributed by atoms with Gasteiger partial charge in [0, 0.05) is 12.1 Å². The fourth-order valence-corrected chi connectivity index (χ4v) is 3.57. The summed E-state index contributed by atoms with van der Waals surface area (Å²) in [5.74, 6) is 0. The molecule has 0 saturated carbocycles. The van der Waals surface area contributed by atoms with Crippen LogP contribution in [0.15, 0.2) is 29.2 Å². The normalized spacial score (nSPS) is 15.7. The molecule has 4 nitrogen and oxygen atoms in total. The zero-order chi connectivity index (χ0) is 16.3. The van der Waals surface area contributed by atoms with Gasteiger partial charge in [-0.15, -0.1) is 0 Å². The van der Waals surface area contributed by atoms with Gasteiger partial charge in [-0.2, -0.15) is 0 Å². The maximum absolute atomic E-state index is 12.4. The summed E-state index contributed by atoms with van der Waals surface area (Å²) in [5, 5.41) is 9.09. The zero-order valence-corrected chi connectivity index (χ0v) is 14.4. The lowest BCUT2D eigenvalue weighted by molar-refractivity contribution is 0.233. The van der Waals surface area contributed by atoms with Crippen LogP contribution in [0, 0.1) is 0 Å². The third-order valence-electron chi connectivity index (χ3n) is 3.86. The molecule has 0 radical (unpaired) electrons. The van der Waals surface area contributed by atoms with Crippen LogP contribution in [0.1, 0.15) is 53.0 Å². The average molecular weight is 313 g/mol. The predicted molar refractivity (Wildman–Crippen MR) is 85.9 cm³/mol. The van der Waals surface area contributed by atoms with Crippen LogP contribution in [-0.2, 0) is 15.4 Å². The van der Waals surface area contributed by atoms with E-state index in [-0.39, 0.29) is 16.9 Å². The van der Waals surface area contributed by atoms with Gasteiger partial charge in [-0.05, 0) is 42.9 Å². The number of hydrogen-bond acceptors (Lipinski definition) is 3. The monoisotopic (exact) mass is 313 g/mol. The Labute approximate surface area is 128 Å². The molecule has 21 heavy (non-hydrogen) atoms. The van der Waals surface area contributed by atoms with Gasteiger partial charge in [-0.1, -0.05) is 39.8 Å². The SMILES string of the molecule is CCC(C)(CCO)NS(=O)(=O)c1ccc(C(C)(C)C)cc1. The number of aliphatic hydroxyl groups is 1. The molecule has 1 aromatic carbocycles. The Kier molecular flexibility index (Phi) is 5.58. The minimum Gasteiger partial charge on any atom is -0.396 e. The lowest BCUT2D eigenvalue weighted by Gasteiger charge is -2.28. The third-order valence-corrected chi connectivity index (χ3v) is 5.51. The summed E-state index contributed by atoms with van der Waals surface area (Å²) in [6.45, 7) is 9.93. The van der Waals surface area contributed by atoms with E-state index >= 15 is 0 Å². The van der Waals surface area contributed by atoms with Crippen molar-refractivity contribution >= 4 is 10.0 Å². The van der Waals surface area contributed by atoms with E-state index in [1.54, 1.807) is 12.1 Å². The molecule has 0 aliphatic rings. The largest absolute Gasteiger partial charge is 0.396 e. The molecule has 1 unspecified atom stereocenters. The van der Waals surface area contributed by atoms with Crippen molar-refractivity contribution in [3.63, 3.8) is 0 Å². The van der Waals surface area contributed by atoms with E-state index in [1.807, 2.05) is 26.0 Å². The van der Waals surface area contributed by atoms with Gasteiger partial charge in [0.2, 0.25) is 10.0 Å². The summed E-state index contributed by atoms with van der Waals surface area (Å²) in [5.41, 5.74) is 0.455. The molecule has 0 amide bonds. The maximum Gasteiger partial charge on any atom is 0.241 e. The molecule has 0 aromatic heterocycles. The van der Waals surface area contributed by atoms with E-state index in [1.165, 1.54) is 0 Å². The summed E-state index contributed by atoms with van der Waals surface area (Å²) < 4.78 is 27.6. The van der Waals surface area contributed by atoms with Crippen LogP contribution >= 0.6 is 0 Å². The average Bonchev–Trinajstić information content (AvgIpc) is 2.37. The van der Waals surface area contributed by atoms with Crippen molar-refractivity contribution in [2.75, 3.05) is 6.61 Å². The van der Waals surface area contributed by atoms with E-state index < -0.39 is 15.6 Å². The lowest BCUT2D eigenvalue weighted by atomic mass is 9.87. The quantitative estimate of drug-likeness (QED) is 0.848. The fourth-order valence-electron chi connectivity index (χ4n) is 2.06. The molecule has 0 saturated heterocycles. The molecule has 1 atom stereocenters. The Morgan fingerprint density at radius 1 is 1.10 bits per heavy atom. The third kappa shape index (κ3) is 4.80. The van der Waals surface area contributed by atoms with E-state index in [2.05, 4.69) is 25.5 Å². The van der Waals surface area contributed by atoms with Crippen molar-refractivity contribution in [1.29, 1.82) is 0 Å². The first-order chi connectivity index (χ1) is 9.54. The van der Waals surface area contributed by atoms with Gasteiger partial charge in [0.1, 0.15) is 0 Å². The zero-order valence-electron chi connectivity index (χ0n) is 13.6. The van der Waals surface area contributed by atoms with Crippen LogP contribution < -0.4 is 4.72 Å². The Bertz CT molecular complexity index is 558.